The predicted octanol–water partition coefficient (Wildman–Crippen LogP) is 3.10. The van der Waals surface area contributed by atoms with E-state index < -0.39 is 17.0 Å². The summed E-state index contributed by atoms with van der Waals surface area (Å²) >= 11 is 0. The van der Waals surface area contributed by atoms with Crippen LogP contribution < -0.4 is 11.3 Å². The van der Waals surface area contributed by atoms with Gasteiger partial charge in [-0.25, -0.2) is 34.3 Å². The van der Waals surface area contributed by atoms with Gasteiger partial charge in [-0.05, 0) is 31.9 Å². The lowest BCUT2D eigenvalue weighted by atomic mass is 9.98. The van der Waals surface area contributed by atoms with Crippen LogP contribution in [0.15, 0.2) is 42.7 Å². The number of aromatic nitrogens is 5. The highest BCUT2D eigenvalue weighted by Gasteiger charge is 2.54. The molecule has 11 heteroatoms. The third kappa shape index (κ3) is 3.63. The Balaban J connectivity index is 1.60. The van der Waals surface area contributed by atoms with Crippen molar-refractivity contribution in [3.05, 3.63) is 65.5 Å². The number of halogens is 2. The molecule has 5 rings (SSSR count). The summed E-state index contributed by atoms with van der Waals surface area (Å²) in [6.45, 7) is 2.08. The molecule has 3 aromatic heterocycles. The van der Waals surface area contributed by atoms with E-state index >= 15 is 0 Å². The van der Waals surface area contributed by atoms with Gasteiger partial charge in [0.25, 0.3) is 0 Å². The number of rotatable bonds is 7. The molecular weight excluding hydrogens is 444 g/mol. The molecule has 1 aromatic carbocycles. The molecule has 1 aliphatic carbocycles. The van der Waals surface area contributed by atoms with Crippen LogP contribution in [0.1, 0.15) is 30.9 Å². The number of ether oxygens (including phenoxy) is 1. The molecular formula is C23H21F2N7O2. The number of hydrazine groups is 1. The van der Waals surface area contributed by atoms with E-state index in [4.69, 9.17) is 10.6 Å². The first-order valence-corrected chi connectivity index (χ1v) is 10.7. The van der Waals surface area contributed by atoms with Crippen molar-refractivity contribution in [1.29, 1.82) is 0 Å². The van der Waals surface area contributed by atoms with E-state index in [0.717, 1.165) is 6.20 Å². The molecule has 4 aromatic rings. The molecule has 0 unspecified atom stereocenters. The first-order chi connectivity index (χ1) is 16.5. The molecule has 0 spiro atoms. The molecule has 3 heterocycles. The second-order valence-corrected chi connectivity index (χ2v) is 8.03. The summed E-state index contributed by atoms with van der Waals surface area (Å²) in [6, 6.07) is 7.58. The monoisotopic (exact) mass is 465 g/mol. The van der Waals surface area contributed by atoms with Crippen LogP contribution in [-0.4, -0.2) is 37.3 Å². The summed E-state index contributed by atoms with van der Waals surface area (Å²) in [5, 5.41) is 4.88. The molecule has 9 nitrogen and oxygen atoms in total. The molecule has 0 aliphatic heterocycles. The van der Waals surface area contributed by atoms with Crippen LogP contribution in [0.5, 0.6) is 0 Å². The van der Waals surface area contributed by atoms with Crippen molar-refractivity contribution >= 4 is 22.8 Å². The SMILES string of the molecule is CCOC(=O)C1(c2cnc(-c3nn(Cc4ccccc4F)c4ncc(F)cc34)nc2NN)CC1. The first-order valence-electron chi connectivity index (χ1n) is 10.7. The number of esters is 1. The smallest absolute Gasteiger partial charge is 0.316 e. The third-order valence-electron chi connectivity index (χ3n) is 5.90. The normalized spacial score (nSPS) is 14.2. The molecule has 1 saturated carbocycles. The number of nitrogens with one attached hydrogen (secondary N) is 1. The Hall–Kier alpha value is -3.99. The molecule has 0 saturated heterocycles. The number of benzene rings is 1. The zero-order valence-corrected chi connectivity index (χ0v) is 18.3. The van der Waals surface area contributed by atoms with Crippen molar-refractivity contribution in [2.45, 2.75) is 31.7 Å². The zero-order valence-electron chi connectivity index (χ0n) is 18.3. The Labute approximate surface area is 193 Å². The second kappa shape index (κ2) is 8.41. The fraction of sp³-hybridized carbons (Fsp3) is 0.261. The van der Waals surface area contributed by atoms with Crippen molar-refractivity contribution in [2.75, 3.05) is 12.0 Å². The molecule has 174 valence electrons. The van der Waals surface area contributed by atoms with E-state index in [9.17, 15) is 13.6 Å². The summed E-state index contributed by atoms with van der Waals surface area (Å²) in [5.41, 5.74) is 3.21. The van der Waals surface area contributed by atoms with Crippen LogP contribution in [0, 0.1) is 11.6 Å². The van der Waals surface area contributed by atoms with Crippen molar-refractivity contribution in [3.8, 4) is 11.5 Å². The van der Waals surface area contributed by atoms with E-state index in [0.29, 0.717) is 35.0 Å². The number of hydrogen-bond acceptors (Lipinski definition) is 8. The van der Waals surface area contributed by atoms with Crippen LogP contribution in [0.25, 0.3) is 22.6 Å². The van der Waals surface area contributed by atoms with Gasteiger partial charge in [0.05, 0.1) is 30.1 Å². The Kier molecular flexibility index (Phi) is 5.40. The minimum atomic E-state index is -0.837. The number of nitrogens with zero attached hydrogens (tertiary/aromatic N) is 5. The topological polar surface area (TPSA) is 121 Å². The van der Waals surface area contributed by atoms with Crippen molar-refractivity contribution in [3.63, 3.8) is 0 Å². The van der Waals surface area contributed by atoms with Gasteiger partial charge in [0.1, 0.15) is 23.1 Å². The van der Waals surface area contributed by atoms with Crippen molar-refractivity contribution in [2.24, 2.45) is 5.84 Å². The molecule has 0 bridgehead atoms. The van der Waals surface area contributed by atoms with E-state index in [1.807, 2.05) is 0 Å². The van der Waals surface area contributed by atoms with E-state index in [1.165, 1.54) is 23.0 Å². The van der Waals surface area contributed by atoms with Gasteiger partial charge in [-0.2, -0.15) is 5.10 Å². The zero-order chi connectivity index (χ0) is 23.9. The highest BCUT2D eigenvalue weighted by atomic mass is 19.1. The molecule has 0 radical (unpaired) electrons. The lowest BCUT2D eigenvalue weighted by molar-refractivity contribution is -0.146. The lowest BCUT2D eigenvalue weighted by Gasteiger charge is -2.17. The maximum atomic E-state index is 14.2. The van der Waals surface area contributed by atoms with E-state index in [-0.39, 0.29) is 36.5 Å². The van der Waals surface area contributed by atoms with Gasteiger partial charge in [0, 0.05) is 17.3 Å². The van der Waals surface area contributed by atoms with Gasteiger partial charge in [-0.3, -0.25) is 4.79 Å². The van der Waals surface area contributed by atoms with Crippen LogP contribution in [0.4, 0.5) is 14.6 Å². The minimum absolute atomic E-state index is 0.0772. The number of fused-ring (bicyclic) bond motifs is 1. The summed E-state index contributed by atoms with van der Waals surface area (Å²) in [5.74, 6) is 4.82. The van der Waals surface area contributed by atoms with Gasteiger partial charge >= 0.3 is 5.97 Å². The molecule has 3 N–H and O–H groups in total. The highest BCUT2D eigenvalue weighted by Crippen LogP contribution is 2.51. The number of nitrogen functional groups attached to an aromatic ring is 1. The van der Waals surface area contributed by atoms with Gasteiger partial charge < -0.3 is 10.2 Å². The van der Waals surface area contributed by atoms with Crippen molar-refractivity contribution in [1.82, 2.24) is 24.7 Å². The van der Waals surface area contributed by atoms with Gasteiger partial charge in [-0.1, -0.05) is 18.2 Å². The van der Waals surface area contributed by atoms with Crippen molar-refractivity contribution < 1.29 is 18.3 Å². The number of carbonyl (C=O) groups excluding carboxylic acids is 1. The largest absolute Gasteiger partial charge is 0.465 e. The fourth-order valence-electron chi connectivity index (χ4n) is 4.03. The molecule has 1 aliphatic rings. The average Bonchev–Trinajstić information content (AvgIpc) is 3.58. The number of carbonyl (C=O) groups is 1. The van der Waals surface area contributed by atoms with Gasteiger partial charge in [0.2, 0.25) is 0 Å². The number of hydrogen-bond donors (Lipinski definition) is 2. The Morgan fingerprint density at radius 3 is 2.74 bits per heavy atom. The van der Waals surface area contributed by atoms with E-state index in [2.05, 4.69) is 25.5 Å². The predicted molar refractivity (Wildman–Crippen MR) is 119 cm³/mol. The quantitative estimate of drug-likeness (QED) is 0.243. The fourth-order valence-corrected chi connectivity index (χ4v) is 4.03. The summed E-state index contributed by atoms with van der Waals surface area (Å²) in [6.07, 6.45) is 3.77. The molecule has 34 heavy (non-hydrogen) atoms. The Morgan fingerprint density at radius 1 is 1.24 bits per heavy atom. The van der Waals surface area contributed by atoms with Crippen LogP contribution in [0.3, 0.4) is 0 Å². The minimum Gasteiger partial charge on any atom is -0.465 e. The van der Waals surface area contributed by atoms with Crippen LogP contribution >= 0.6 is 0 Å². The molecule has 0 atom stereocenters. The Bertz CT molecular complexity index is 1400. The molecule has 0 amide bonds. The standard InChI is InChI=1S/C23H21F2N7O2/c1-2-34-22(33)23(7-8-23)16-11-27-20(29-19(16)30-26)18-15-9-14(24)10-28-21(15)32(31-18)12-13-5-3-4-6-17(13)25/h3-6,9-11H,2,7-8,12,26H2,1H3,(H,27,29,30). The number of anilines is 1. The maximum Gasteiger partial charge on any atom is 0.316 e. The van der Waals surface area contributed by atoms with E-state index in [1.54, 1.807) is 25.1 Å². The molecule has 1 fully saturated rings. The van der Waals surface area contributed by atoms with Crippen LogP contribution in [-0.2, 0) is 21.5 Å². The summed E-state index contributed by atoms with van der Waals surface area (Å²) in [7, 11) is 0. The Morgan fingerprint density at radius 2 is 2.03 bits per heavy atom. The maximum absolute atomic E-state index is 14.2. The third-order valence-corrected chi connectivity index (χ3v) is 5.90. The first kappa shape index (κ1) is 21.8. The number of pyridine rings is 1. The summed E-state index contributed by atoms with van der Waals surface area (Å²) in [4.78, 5) is 25.6. The second-order valence-electron chi connectivity index (χ2n) is 8.03. The lowest BCUT2D eigenvalue weighted by Crippen LogP contribution is -2.26. The highest BCUT2D eigenvalue weighted by molar-refractivity contribution is 5.91. The van der Waals surface area contributed by atoms with Gasteiger partial charge in [-0.15, -0.1) is 0 Å². The summed E-state index contributed by atoms with van der Waals surface area (Å²) < 4.78 is 35.0. The van der Waals surface area contributed by atoms with Crippen LogP contribution in [0.2, 0.25) is 0 Å². The van der Waals surface area contributed by atoms with Gasteiger partial charge in [0.15, 0.2) is 11.5 Å². The average molecular weight is 465 g/mol. The number of nitrogens with two attached hydrogens (primary N) is 1.